The van der Waals surface area contributed by atoms with Gasteiger partial charge in [-0.3, -0.25) is 10.1 Å². The van der Waals surface area contributed by atoms with Crippen LogP contribution in [0.2, 0.25) is 0 Å². The average Bonchev–Trinajstić information content (AvgIpc) is 2.65. The molecule has 1 N–H and O–H groups in total. The molecule has 0 aromatic heterocycles. The van der Waals surface area contributed by atoms with Gasteiger partial charge in [0.15, 0.2) is 0 Å². The summed E-state index contributed by atoms with van der Waals surface area (Å²) < 4.78 is 10.3. The molecular formula is C9H11NO5P. The van der Waals surface area contributed by atoms with Crippen LogP contribution in [-0.2, 0) is 15.2 Å². The Hall–Kier alpha value is -1.07. The smallest absolute Gasteiger partial charge is 0.269 e. The van der Waals surface area contributed by atoms with Crippen LogP contribution in [0.1, 0.15) is 5.56 Å². The van der Waals surface area contributed by atoms with Gasteiger partial charge >= 0.3 is 0 Å². The van der Waals surface area contributed by atoms with E-state index < -0.39 is 12.9 Å². The lowest BCUT2D eigenvalue weighted by molar-refractivity contribution is -0.384. The molecular weight excluding hydrogens is 233 g/mol. The third-order valence-electron chi connectivity index (χ3n) is 2.20. The quantitative estimate of drug-likeness (QED) is 0.498. The Balaban J connectivity index is 2.07. The van der Waals surface area contributed by atoms with Gasteiger partial charge < -0.3 is 13.9 Å². The third-order valence-corrected chi connectivity index (χ3v) is 4.14. The largest absolute Gasteiger partial charge is 0.335 e. The van der Waals surface area contributed by atoms with Gasteiger partial charge in [-0.25, -0.2) is 0 Å². The fraction of sp³-hybridized carbons (Fsp3) is 0.333. The van der Waals surface area contributed by atoms with Crippen molar-refractivity contribution in [3.05, 3.63) is 39.9 Å². The van der Waals surface area contributed by atoms with Gasteiger partial charge in [-0.2, -0.15) is 0 Å². The van der Waals surface area contributed by atoms with Crippen molar-refractivity contribution in [2.24, 2.45) is 0 Å². The Labute approximate surface area is 92.5 Å². The SMILES string of the molecule is O=[N+]([O-])c1ccc(C[P]2(O)OCCO2)cc1. The van der Waals surface area contributed by atoms with E-state index in [1.54, 1.807) is 12.1 Å². The lowest BCUT2D eigenvalue weighted by atomic mass is 10.2. The predicted molar refractivity (Wildman–Crippen MR) is 57.8 cm³/mol. The molecule has 1 aromatic rings. The highest BCUT2D eigenvalue weighted by molar-refractivity contribution is 7.60. The summed E-state index contributed by atoms with van der Waals surface area (Å²) in [6.45, 7) is 0.800. The number of benzene rings is 1. The van der Waals surface area contributed by atoms with Crippen LogP contribution in [0.5, 0.6) is 0 Å². The van der Waals surface area contributed by atoms with Crippen molar-refractivity contribution >= 4 is 13.6 Å². The van der Waals surface area contributed by atoms with Gasteiger partial charge in [0, 0.05) is 12.1 Å². The summed E-state index contributed by atoms with van der Waals surface area (Å²) in [6.07, 6.45) is 0.269. The van der Waals surface area contributed by atoms with Gasteiger partial charge in [0.05, 0.1) is 24.3 Å². The van der Waals surface area contributed by atoms with Gasteiger partial charge in [0.25, 0.3) is 5.69 Å². The van der Waals surface area contributed by atoms with Gasteiger partial charge in [-0.05, 0) is 5.56 Å². The maximum absolute atomic E-state index is 10.4. The number of hydrogen-bond donors (Lipinski definition) is 1. The minimum absolute atomic E-state index is 0.0299. The summed E-state index contributed by atoms with van der Waals surface area (Å²) in [7, 11) is -2.75. The molecule has 1 aliphatic heterocycles. The van der Waals surface area contributed by atoms with Crippen LogP contribution in [0.15, 0.2) is 24.3 Å². The fourth-order valence-corrected chi connectivity index (χ4v) is 3.09. The molecule has 2 rings (SSSR count). The molecule has 1 heterocycles. The van der Waals surface area contributed by atoms with E-state index in [1.165, 1.54) is 12.1 Å². The molecule has 7 heteroatoms. The van der Waals surface area contributed by atoms with E-state index in [1.807, 2.05) is 0 Å². The molecule has 0 atom stereocenters. The van der Waals surface area contributed by atoms with Crippen LogP contribution >= 0.6 is 7.94 Å². The minimum Gasteiger partial charge on any atom is -0.335 e. The van der Waals surface area contributed by atoms with Crippen LogP contribution in [0, 0.1) is 10.1 Å². The van der Waals surface area contributed by atoms with Crippen molar-refractivity contribution in [3.8, 4) is 0 Å². The van der Waals surface area contributed by atoms with Gasteiger partial charge in [0.1, 0.15) is 0 Å². The molecule has 1 fully saturated rings. The first kappa shape index (κ1) is 11.4. The van der Waals surface area contributed by atoms with E-state index in [9.17, 15) is 15.0 Å². The van der Waals surface area contributed by atoms with Gasteiger partial charge in [-0.15, -0.1) is 0 Å². The summed E-state index contributed by atoms with van der Waals surface area (Å²) >= 11 is 0. The summed E-state index contributed by atoms with van der Waals surface area (Å²) in [4.78, 5) is 19.8. The van der Waals surface area contributed by atoms with Crippen LogP contribution in [0.25, 0.3) is 0 Å². The summed E-state index contributed by atoms with van der Waals surface area (Å²) in [5.74, 6) is 0. The predicted octanol–water partition coefficient (Wildman–Crippen LogP) is 1.90. The highest BCUT2D eigenvalue weighted by Gasteiger charge is 2.32. The number of nitro benzene ring substituents is 1. The van der Waals surface area contributed by atoms with E-state index in [4.69, 9.17) is 9.05 Å². The van der Waals surface area contributed by atoms with Crippen molar-refractivity contribution in [2.45, 2.75) is 6.16 Å². The average molecular weight is 244 g/mol. The van der Waals surface area contributed by atoms with Crippen LogP contribution in [0.4, 0.5) is 5.69 Å². The summed E-state index contributed by atoms with van der Waals surface area (Å²) in [5.41, 5.74) is 0.797. The molecule has 16 heavy (non-hydrogen) atoms. The number of non-ortho nitro benzene ring substituents is 1. The lowest BCUT2D eigenvalue weighted by Crippen LogP contribution is -1.96. The molecule has 1 radical (unpaired) electrons. The standard InChI is InChI=1S/C9H11NO5P/c11-10(12)9-3-1-8(2-4-9)7-16(13)14-5-6-15-16/h1-4,13H,5-7H2. The maximum atomic E-state index is 10.4. The minimum atomic E-state index is -2.75. The Kier molecular flexibility index (Phi) is 3.16. The zero-order valence-corrected chi connectivity index (χ0v) is 9.30. The number of hydrogen-bond acceptors (Lipinski definition) is 5. The van der Waals surface area contributed by atoms with Gasteiger partial charge in [0.2, 0.25) is 7.94 Å². The molecule has 0 bridgehead atoms. The van der Waals surface area contributed by atoms with E-state index in [0.29, 0.717) is 13.2 Å². The zero-order valence-electron chi connectivity index (χ0n) is 8.41. The highest BCUT2D eigenvalue weighted by Crippen LogP contribution is 2.62. The van der Waals surface area contributed by atoms with Crippen LogP contribution in [-0.4, -0.2) is 23.0 Å². The van der Waals surface area contributed by atoms with Gasteiger partial charge in [-0.1, -0.05) is 12.1 Å². The Morgan fingerprint density at radius 2 is 1.88 bits per heavy atom. The second-order valence-corrected chi connectivity index (χ2v) is 5.49. The molecule has 1 aromatic carbocycles. The normalized spacial score (nSPS) is 18.6. The highest BCUT2D eigenvalue weighted by atomic mass is 31.2. The van der Waals surface area contributed by atoms with Crippen molar-refractivity contribution in [3.63, 3.8) is 0 Å². The molecule has 0 aliphatic carbocycles. The number of nitrogens with zero attached hydrogens (tertiary/aromatic N) is 1. The van der Waals surface area contributed by atoms with E-state index in [2.05, 4.69) is 0 Å². The number of rotatable bonds is 3. The monoisotopic (exact) mass is 244 g/mol. The Morgan fingerprint density at radius 3 is 2.38 bits per heavy atom. The molecule has 87 valence electrons. The first-order chi connectivity index (χ1) is 7.59. The van der Waals surface area contributed by atoms with Crippen molar-refractivity contribution < 1.29 is 18.9 Å². The van der Waals surface area contributed by atoms with Crippen molar-refractivity contribution in [1.29, 1.82) is 0 Å². The van der Waals surface area contributed by atoms with Crippen LogP contribution < -0.4 is 0 Å². The van der Waals surface area contributed by atoms with Crippen molar-refractivity contribution in [2.75, 3.05) is 13.2 Å². The number of nitro groups is 1. The second-order valence-electron chi connectivity index (χ2n) is 3.39. The van der Waals surface area contributed by atoms with Crippen molar-refractivity contribution in [1.82, 2.24) is 0 Å². The van der Waals surface area contributed by atoms with E-state index in [0.717, 1.165) is 5.56 Å². The third kappa shape index (κ3) is 2.54. The maximum Gasteiger partial charge on any atom is 0.269 e. The molecule has 0 spiro atoms. The first-order valence-electron chi connectivity index (χ1n) is 4.72. The summed E-state index contributed by atoms with van der Waals surface area (Å²) in [6, 6.07) is 6.00. The molecule has 0 unspecified atom stereocenters. The second kappa shape index (κ2) is 4.43. The van der Waals surface area contributed by atoms with E-state index >= 15 is 0 Å². The molecule has 1 aliphatic rings. The van der Waals surface area contributed by atoms with E-state index in [-0.39, 0.29) is 11.8 Å². The molecule has 6 nitrogen and oxygen atoms in total. The molecule has 0 saturated carbocycles. The summed E-state index contributed by atoms with van der Waals surface area (Å²) in [5, 5.41) is 10.4. The Bertz CT molecular complexity index is 387. The topological polar surface area (TPSA) is 81.8 Å². The van der Waals surface area contributed by atoms with Crippen LogP contribution in [0.3, 0.4) is 0 Å². The lowest BCUT2D eigenvalue weighted by Gasteiger charge is -2.21. The fourth-order valence-electron chi connectivity index (χ4n) is 1.44. The molecule has 1 saturated heterocycles. The Morgan fingerprint density at radius 1 is 1.31 bits per heavy atom. The zero-order chi connectivity index (χ0) is 11.6. The first-order valence-corrected chi connectivity index (χ1v) is 6.49. The molecule has 0 amide bonds.